The average Bonchev–Trinajstić information content (AvgIpc) is 2.67. The Morgan fingerprint density at radius 3 is 3.00 bits per heavy atom. The summed E-state index contributed by atoms with van der Waals surface area (Å²) in [5, 5.41) is 4.20. The lowest BCUT2D eigenvalue weighted by Gasteiger charge is -2.22. The molecule has 2 rings (SSSR count). The molecule has 1 fully saturated rings. The summed E-state index contributed by atoms with van der Waals surface area (Å²) >= 11 is 8.43. The molecule has 0 bridgehead atoms. The van der Waals surface area contributed by atoms with Crippen molar-refractivity contribution < 1.29 is 0 Å². The van der Waals surface area contributed by atoms with Gasteiger partial charge in [0.15, 0.2) is 0 Å². The van der Waals surface area contributed by atoms with Gasteiger partial charge in [-0.3, -0.25) is 0 Å². The number of nitrogens with one attached hydrogen (secondary N) is 1. The van der Waals surface area contributed by atoms with E-state index < -0.39 is 0 Å². The van der Waals surface area contributed by atoms with Crippen molar-refractivity contribution in [3.05, 3.63) is 22.8 Å². The molecule has 1 saturated heterocycles. The molecular formula is C15H24ClN3S. The fourth-order valence-corrected chi connectivity index (χ4v) is 3.46. The van der Waals surface area contributed by atoms with Crippen LogP contribution in [0.4, 0.5) is 5.82 Å². The second-order valence-electron chi connectivity index (χ2n) is 5.63. The van der Waals surface area contributed by atoms with Crippen LogP contribution in [0.15, 0.2) is 12.3 Å². The predicted molar refractivity (Wildman–Crippen MR) is 89.9 cm³/mol. The number of nitrogens with zero attached hydrogens (tertiary/aromatic N) is 2. The van der Waals surface area contributed by atoms with Gasteiger partial charge in [0.1, 0.15) is 5.82 Å². The standard InChI is InChI=1S/C15H24ClN3S/c1-12(2)9-17-10-13-8-14(16)15(18-11-13)19-4-3-6-20-7-5-19/h8,11-12,17H,3-7,9-10H2,1-2H3. The van der Waals surface area contributed by atoms with Crippen molar-refractivity contribution in [1.29, 1.82) is 0 Å². The van der Waals surface area contributed by atoms with E-state index in [1.165, 1.54) is 12.2 Å². The first-order valence-electron chi connectivity index (χ1n) is 7.34. The molecule has 0 aromatic carbocycles. The number of halogens is 1. The Balaban J connectivity index is 1.97. The zero-order valence-electron chi connectivity index (χ0n) is 12.4. The molecule has 1 aliphatic rings. The van der Waals surface area contributed by atoms with Crippen molar-refractivity contribution >= 4 is 29.2 Å². The maximum atomic E-state index is 6.42. The van der Waals surface area contributed by atoms with E-state index >= 15 is 0 Å². The molecule has 2 heterocycles. The largest absolute Gasteiger partial charge is 0.355 e. The van der Waals surface area contributed by atoms with Crippen LogP contribution in [0.25, 0.3) is 0 Å². The van der Waals surface area contributed by atoms with Crippen LogP contribution in [0.5, 0.6) is 0 Å². The van der Waals surface area contributed by atoms with Gasteiger partial charge in [0, 0.05) is 31.6 Å². The Hall–Kier alpha value is -0.450. The minimum absolute atomic E-state index is 0.660. The van der Waals surface area contributed by atoms with Gasteiger partial charge in [-0.25, -0.2) is 4.98 Å². The minimum Gasteiger partial charge on any atom is -0.355 e. The molecule has 1 aromatic heterocycles. The maximum absolute atomic E-state index is 6.42. The first-order valence-corrected chi connectivity index (χ1v) is 8.88. The highest BCUT2D eigenvalue weighted by atomic mass is 35.5. The molecule has 1 N–H and O–H groups in total. The van der Waals surface area contributed by atoms with Gasteiger partial charge in [0.2, 0.25) is 0 Å². The Labute approximate surface area is 131 Å². The lowest BCUT2D eigenvalue weighted by Crippen LogP contribution is -2.27. The van der Waals surface area contributed by atoms with Crippen LogP contribution in [-0.4, -0.2) is 36.1 Å². The Morgan fingerprint density at radius 1 is 1.40 bits per heavy atom. The van der Waals surface area contributed by atoms with Crippen LogP contribution >= 0.6 is 23.4 Å². The highest BCUT2D eigenvalue weighted by molar-refractivity contribution is 7.99. The van der Waals surface area contributed by atoms with Gasteiger partial charge in [-0.2, -0.15) is 11.8 Å². The topological polar surface area (TPSA) is 28.2 Å². The summed E-state index contributed by atoms with van der Waals surface area (Å²) in [5.74, 6) is 4.01. The third-order valence-electron chi connectivity index (χ3n) is 3.28. The number of anilines is 1. The summed E-state index contributed by atoms with van der Waals surface area (Å²) in [6.07, 6.45) is 3.16. The molecule has 0 aliphatic carbocycles. The molecular weight excluding hydrogens is 290 g/mol. The summed E-state index contributed by atoms with van der Waals surface area (Å²) < 4.78 is 0. The van der Waals surface area contributed by atoms with Crippen LogP contribution in [0, 0.1) is 5.92 Å². The number of hydrogen-bond donors (Lipinski definition) is 1. The number of pyridine rings is 1. The molecule has 0 saturated carbocycles. The van der Waals surface area contributed by atoms with E-state index in [1.54, 1.807) is 0 Å². The van der Waals surface area contributed by atoms with Crippen LogP contribution in [0.3, 0.4) is 0 Å². The van der Waals surface area contributed by atoms with E-state index in [1.807, 2.05) is 18.0 Å². The fraction of sp³-hybridized carbons (Fsp3) is 0.667. The van der Waals surface area contributed by atoms with E-state index in [-0.39, 0.29) is 0 Å². The number of hydrogen-bond acceptors (Lipinski definition) is 4. The first-order chi connectivity index (χ1) is 9.66. The molecule has 0 spiro atoms. The fourth-order valence-electron chi connectivity index (χ4n) is 2.26. The number of thioether (sulfide) groups is 1. The average molecular weight is 314 g/mol. The highest BCUT2D eigenvalue weighted by Crippen LogP contribution is 2.26. The highest BCUT2D eigenvalue weighted by Gasteiger charge is 2.14. The van der Waals surface area contributed by atoms with Crippen molar-refractivity contribution in [3.8, 4) is 0 Å². The van der Waals surface area contributed by atoms with Crippen molar-refractivity contribution in [2.75, 3.05) is 36.0 Å². The predicted octanol–water partition coefficient (Wildman–Crippen LogP) is 3.42. The van der Waals surface area contributed by atoms with Crippen LogP contribution in [0.1, 0.15) is 25.8 Å². The van der Waals surface area contributed by atoms with Gasteiger partial charge in [0.25, 0.3) is 0 Å². The SMILES string of the molecule is CC(C)CNCc1cnc(N2CCCSCC2)c(Cl)c1. The smallest absolute Gasteiger partial charge is 0.147 e. The minimum atomic E-state index is 0.660. The summed E-state index contributed by atoms with van der Waals surface area (Å²) in [5.41, 5.74) is 1.16. The van der Waals surface area contributed by atoms with Crippen molar-refractivity contribution in [2.24, 2.45) is 5.92 Å². The normalized spacial score (nSPS) is 16.5. The van der Waals surface area contributed by atoms with Gasteiger partial charge >= 0.3 is 0 Å². The van der Waals surface area contributed by atoms with Gasteiger partial charge in [0.05, 0.1) is 5.02 Å². The summed E-state index contributed by atoms with van der Waals surface area (Å²) in [4.78, 5) is 6.90. The third kappa shape index (κ3) is 4.83. The third-order valence-corrected chi connectivity index (χ3v) is 4.61. The maximum Gasteiger partial charge on any atom is 0.147 e. The molecule has 0 unspecified atom stereocenters. The monoisotopic (exact) mass is 313 g/mol. The van der Waals surface area contributed by atoms with E-state index in [0.29, 0.717) is 5.92 Å². The van der Waals surface area contributed by atoms with E-state index in [2.05, 4.69) is 35.1 Å². The van der Waals surface area contributed by atoms with Gasteiger partial charge in [-0.1, -0.05) is 25.4 Å². The molecule has 3 nitrogen and oxygen atoms in total. The van der Waals surface area contributed by atoms with E-state index in [0.717, 1.165) is 48.3 Å². The van der Waals surface area contributed by atoms with Crippen molar-refractivity contribution in [2.45, 2.75) is 26.8 Å². The Kier molecular flexibility index (Phi) is 6.46. The quantitative estimate of drug-likeness (QED) is 0.901. The summed E-state index contributed by atoms with van der Waals surface area (Å²) in [6, 6.07) is 2.05. The lowest BCUT2D eigenvalue weighted by molar-refractivity contribution is 0.552. The van der Waals surface area contributed by atoms with Crippen LogP contribution in [0.2, 0.25) is 5.02 Å². The first kappa shape index (κ1) is 15.9. The van der Waals surface area contributed by atoms with Crippen molar-refractivity contribution in [3.63, 3.8) is 0 Å². The molecule has 1 aromatic rings. The van der Waals surface area contributed by atoms with Crippen LogP contribution in [-0.2, 0) is 6.54 Å². The lowest BCUT2D eigenvalue weighted by atomic mass is 10.2. The molecule has 1 aliphatic heterocycles. The van der Waals surface area contributed by atoms with E-state index in [4.69, 9.17) is 11.6 Å². The van der Waals surface area contributed by atoms with Gasteiger partial charge in [-0.15, -0.1) is 0 Å². The number of rotatable bonds is 5. The van der Waals surface area contributed by atoms with Crippen LogP contribution < -0.4 is 10.2 Å². The molecule has 5 heteroatoms. The van der Waals surface area contributed by atoms with Gasteiger partial charge < -0.3 is 10.2 Å². The molecule has 0 radical (unpaired) electrons. The number of aromatic nitrogens is 1. The zero-order chi connectivity index (χ0) is 14.4. The Morgan fingerprint density at radius 2 is 2.25 bits per heavy atom. The summed E-state index contributed by atoms with van der Waals surface area (Å²) in [7, 11) is 0. The summed E-state index contributed by atoms with van der Waals surface area (Å²) in [6.45, 7) is 8.37. The van der Waals surface area contributed by atoms with Crippen molar-refractivity contribution in [1.82, 2.24) is 10.3 Å². The Bertz CT molecular complexity index is 418. The molecule has 0 amide bonds. The molecule has 20 heavy (non-hydrogen) atoms. The second kappa shape index (κ2) is 8.11. The van der Waals surface area contributed by atoms with E-state index in [9.17, 15) is 0 Å². The molecule has 0 atom stereocenters. The zero-order valence-corrected chi connectivity index (χ0v) is 13.9. The van der Waals surface area contributed by atoms with Gasteiger partial charge in [-0.05, 0) is 36.3 Å². The molecule has 112 valence electrons. The second-order valence-corrected chi connectivity index (χ2v) is 7.26.